The number of hydrogen-bond donors (Lipinski definition) is 1. The fraction of sp³-hybridized carbons (Fsp3) is 0.176. The maximum absolute atomic E-state index is 12.0. The minimum Gasteiger partial charge on any atom is -0.497 e. The van der Waals surface area contributed by atoms with E-state index in [4.69, 9.17) is 14.2 Å². The van der Waals surface area contributed by atoms with Crippen LogP contribution in [0.15, 0.2) is 47.6 Å². The van der Waals surface area contributed by atoms with Gasteiger partial charge in [0.25, 0.3) is 5.91 Å². The van der Waals surface area contributed by atoms with E-state index in [0.717, 1.165) is 5.56 Å². The lowest BCUT2D eigenvalue weighted by atomic mass is 10.2. The number of nitrogens with zero attached hydrogens (tertiary/aromatic N) is 1. The number of nitrogens with one attached hydrogen (secondary N) is 1. The Morgan fingerprint density at radius 3 is 2.43 bits per heavy atom. The molecule has 0 unspecified atom stereocenters. The van der Waals surface area contributed by atoms with Crippen LogP contribution < -0.4 is 19.6 Å². The van der Waals surface area contributed by atoms with Crippen molar-refractivity contribution in [2.24, 2.45) is 5.10 Å². The van der Waals surface area contributed by atoms with Gasteiger partial charge in [-0.25, -0.2) is 5.43 Å². The molecule has 6 heteroatoms. The zero-order valence-corrected chi connectivity index (χ0v) is 13.2. The average molecular weight is 314 g/mol. The summed E-state index contributed by atoms with van der Waals surface area (Å²) in [6.07, 6.45) is 1.51. The molecule has 0 aliphatic rings. The molecule has 120 valence electrons. The van der Waals surface area contributed by atoms with Crippen molar-refractivity contribution in [2.75, 3.05) is 21.3 Å². The number of benzene rings is 2. The van der Waals surface area contributed by atoms with Crippen LogP contribution in [0.25, 0.3) is 0 Å². The Bertz CT molecular complexity index is 713. The summed E-state index contributed by atoms with van der Waals surface area (Å²) in [7, 11) is 4.68. The lowest BCUT2D eigenvalue weighted by molar-refractivity contribution is 0.0955. The Hall–Kier alpha value is -3.02. The van der Waals surface area contributed by atoms with Gasteiger partial charge in [-0.15, -0.1) is 0 Å². The minimum absolute atomic E-state index is 0.326. The molecule has 2 rings (SSSR count). The summed E-state index contributed by atoms with van der Waals surface area (Å²) in [4.78, 5) is 12.0. The van der Waals surface area contributed by atoms with E-state index in [9.17, 15) is 4.79 Å². The van der Waals surface area contributed by atoms with E-state index in [0.29, 0.717) is 22.8 Å². The van der Waals surface area contributed by atoms with Crippen molar-refractivity contribution < 1.29 is 19.0 Å². The molecule has 0 saturated carbocycles. The van der Waals surface area contributed by atoms with Gasteiger partial charge in [-0.2, -0.15) is 5.10 Å². The Labute approximate surface area is 134 Å². The van der Waals surface area contributed by atoms with Crippen molar-refractivity contribution in [1.29, 1.82) is 0 Å². The smallest absolute Gasteiger partial charge is 0.271 e. The van der Waals surface area contributed by atoms with Gasteiger partial charge >= 0.3 is 0 Å². The molecule has 2 aromatic carbocycles. The molecule has 0 heterocycles. The van der Waals surface area contributed by atoms with Gasteiger partial charge in [0, 0.05) is 17.2 Å². The van der Waals surface area contributed by atoms with Crippen LogP contribution in [0.5, 0.6) is 17.2 Å². The number of hydrogen-bond acceptors (Lipinski definition) is 5. The summed E-state index contributed by atoms with van der Waals surface area (Å²) in [6.45, 7) is 0. The van der Waals surface area contributed by atoms with E-state index >= 15 is 0 Å². The van der Waals surface area contributed by atoms with E-state index in [1.165, 1.54) is 6.21 Å². The molecule has 0 bridgehead atoms. The highest BCUT2D eigenvalue weighted by Gasteiger charge is 2.06. The fourth-order valence-corrected chi connectivity index (χ4v) is 1.91. The van der Waals surface area contributed by atoms with Gasteiger partial charge in [-0.1, -0.05) is 6.07 Å². The van der Waals surface area contributed by atoms with Gasteiger partial charge in [-0.05, 0) is 30.3 Å². The first-order valence-corrected chi connectivity index (χ1v) is 6.87. The molecule has 0 saturated heterocycles. The van der Waals surface area contributed by atoms with Crippen molar-refractivity contribution in [3.8, 4) is 17.2 Å². The Balaban J connectivity index is 2.07. The summed E-state index contributed by atoms with van der Waals surface area (Å²) >= 11 is 0. The second-order valence-electron chi connectivity index (χ2n) is 4.54. The van der Waals surface area contributed by atoms with Crippen LogP contribution in [0.2, 0.25) is 0 Å². The molecule has 0 aliphatic carbocycles. The van der Waals surface area contributed by atoms with Gasteiger partial charge in [0.1, 0.15) is 17.2 Å². The molecule has 1 N–H and O–H groups in total. The highest BCUT2D eigenvalue weighted by molar-refractivity contribution is 5.95. The molecule has 0 aliphatic heterocycles. The van der Waals surface area contributed by atoms with Crippen molar-refractivity contribution in [3.63, 3.8) is 0 Å². The molecular formula is C17H18N2O4. The monoisotopic (exact) mass is 314 g/mol. The van der Waals surface area contributed by atoms with Gasteiger partial charge in [0.2, 0.25) is 0 Å². The zero-order chi connectivity index (χ0) is 16.7. The molecule has 0 spiro atoms. The number of carbonyl (C=O) groups excluding carboxylic acids is 1. The number of methoxy groups -OCH3 is 3. The third kappa shape index (κ3) is 4.23. The molecule has 0 radical (unpaired) electrons. The molecule has 2 aromatic rings. The lowest BCUT2D eigenvalue weighted by Gasteiger charge is -2.07. The molecule has 0 atom stereocenters. The van der Waals surface area contributed by atoms with Crippen LogP contribution in [-0.2, 0) is 0 Å². The molecule has 0 aromatic heterocycles. The summed E-state index contributed by atoms with van der Waals surface area (Å²) in [6, 6.07) is 12.1. The van der Waals surface area contributed by atoms with Crippen molar-refractivity contribution >= 4 is 12.1 Å². The third-order valence-corrected chi connectivity index (χ3v) is 3.14. The van der Waals surface area contributed by atoms with E-state index in [1.807, 2.05) is 0 Å². The fourth-order valence-electron chi connectivity index (χ4n) is 1.91. The number of carbonyl (C=O) groups is 1. The second kappa shape index (κ2) is 7.84. The average Bonchev–Trinajstić information content (AvgIpc) is 2.61. The summed E-state index contributed by atoms with van der Waals surface area (Å²) < 4.78 is 15.5. The van der Waals surface area contributed by atoms with Crippen LogP contribution in [0, 0.1) is 0 Å². The zero-order valence-electron chi connectivity index (χ0n) is 13.2. The molecular weight excluding hydrogens is 296 g/mol. The van der Waals surface area contributed by atoms with Crippen LogP contribution >= 0.6 is 0 Å². The highest BCUT2D eigenvalue weighted by atomic mass is 16.5. The molecule has 23 heavy (non-hydrogen) atoms. The number of ether oxygens (including phenoxy) is 3. The van der Waals surface area contributed by atoms with Gasteiger partial charge < -0.3 is 14.2 Å². The molecule has 1 amide bonds. The quantitative estimate of drug-likeness (QED) is 0.657. The standard InChI is InChI=1S/C17H18N2O4/c1-21-14-6-4-5-12(9-14)17(20)19-18-11-13-7-8-15(22-2)10-16(13)23-3/h4-11H,1-3H3,(H,19,20)/b18-11+. The Morgan fingerprint density at radius 2 is 1.74 bits per heavy atom. The van der Waals surface area contributed by atoms with E-state index in [1.54, 1.807) is 63.8 Å². The van der Waals surface area contributed by atoms with E-state index in [2.05, 4.69) is 10.5 Å². The van der Waals surface area contributed by atoms with Gasteiger partial charge in [0.05, 0.1) is 27.5 Å². The Kier molecular flexibility index (Phi) is 5.57. The SMILES string of the molecule is COc1cccc(C(=O)N/N=C/c2ccc(OC)cc2OC)c1. The van der Waals surface area contributed by atoms with Crippen LogP contribution in [0.4, 0.5) is 0 Å². The number of amides is 1. The summed E-state index contributed by atoms with van der Waals surface area (Å²) in [5.74, 6) is 1.56. The minimum atomic E-state index is -0.326. The van der Waals surface area contributed by atoms with Crippen LogP contribution in [-0.4, -0.2) is 33.5 Å². The molecule has 6 nitrogen and oxygen atoms in total. The maximum Gasteiger partial charge on any atom is 0.271 e. The van der Waals surface area contributed by atoms with Crippen LogP contribution in [0.3, 0.4) is 0 Å². The first kappa shape index (κ1) is 16.4. The predicted octanol–water partition coefficient (Wildman–Crippen LogP) is 2.48. The van der Waals surface area contributed by atoms with Gasteiger partial charge in [-0.3, -0.25) is 4.79 Å². The second-order valence-corrected chi connectivity index (χ2v) is 4.54. The lowest BCUT2D eigenvalue weighted by Crippen LogP contribution is -2.17. The van der Waals surface area contributed by atoms with E-state index < -0.39 is 0 Å². The third-order valence-electron chi connectivity index (χ3n) is 3.14. The molecule has 0 fully saturated rings. The van der Waals surface area contributed by atoms with Gasteiger partial charge in [0.15, 0.2) is 0 Å². The highest BCUT2D eigenvalue weighted by Crippen LogP contribution is 2.23. The normalized spacial score (nSPS) is 10.4. The Morgan fingerprint density at radius 1 is 1.00 bits per heavy atom. The topological polar surface area (TPSA) is 69.2 Å². The largest absolute Gasteiger partial charge is 0.497 e. The van der Waals surface area contributed by atoms with E-state index in [-0.39, 0.29) is 5.91 Å². The van der Waals surface area contributed by atoms with Crippen molar-refractivity contribution in [3.05, 3.63) is 53.6 Å². The number of rotatable bonds is 6. The predicted molar refractivity (Wildman–Crippen MR) is 87.6 cm³/mol. The summed E-state index contributed by atoms with van der Waals surface area (Å²) in [5.41, 5.74) is 3.65. The van der Waals surface area contributed by atoms with Crippen molar-refractivity contribution in [1.82, 2.24) is 5.43 Å². The maximum atomic E-state index is 12.0. The first-order chi connectivity index (χ1) is 11.2. The number of hydrazone groups is 1. The van der Waals surface area contributed by atoms with Crippen LogP contribution in [0.1, 0.15) is 15.9 Å². The summed E-state index contributed by atoms with van der Waals surface area (Å²) in [5, 5.41) is 3.95. The first-order valence-electron chi connectivity index (χ1n) is 6.87. The van der Waals surface area contributed by atoms with Crippen molar-refractivity contribution in [2.45, 2.75) is 0 Å².